The van der Waals surface area contributed by atoms with E-state index >= 15 is 0 Å². The van der Waals surface area contributed by atoms with Crippen molar-refractivity contribution in [3.8, 4) is 0 Å². The number of fused-ring (bicyclic) bond motifs is 3. The summed E-state index contributed by atoms with van der Waals surface area (Å²) in [5, 5.41) is 10.4. The highest BCUT2D eigenvalue weighted by Gasteiger charge is 2.46. The molecule has 3 aliphatic rings. The van der Waals surface area contributed by atoms with Crippen LogP contribution in [0.1, 0.15) is 87.4 Å². The van der Waals surface area contributed by atoms with Crippen molar-refractivity contribution in [3.05, 3.63) is 57.5 Å². The summed E-state index contributed by atoms with van der Waals surface area (Å²) in [7, 11) is 0. The number of furan rings is 1. The molecule has 0 saturated heterocycles. The standard InChI is InChI=1S/C20H18O4/c1-20-6-2-3-10-9-24-19(17(10)20)18(23)13-7-11-12(8-14(13)20)16(22)5-4-15(11)21/h7-9,16,22H,2-6H2,1H3/t16-,20?/m1/s1. The Hall–Kier alpha value is -2.20. The van der Waals surface area contributed by atoms with Crippen LogP contribution in [0, 0.1) is 0 Å². The van der Waals surface area contributed by atoms with Crippen molar-refractivity contribution in [1.82, 2.24) is 0 Å². The first-order valence-electron chi connectivity index (χ1n) is 8.56. The predicted octanol–water partition coefficient (Wildman–Crippen LogP) is 3.48. The van der Waals surface area contributed by atoms with E-state index < -0.39 is 6.10 Å². The molecular weight excluding hydrogens is 304 g/mol. The van der Waals surface area contributed by atoms with Gasteiger partial charge in [-0.1, -0.05) is 13.0 Å². The average molecular weight is 322 g/mol. The fourth-order valence-corrected chi connectivity index (χ4v) is 4.83. The zero-order valence-corrected chi connectivity index (χ0v) is 13.5. The van der Waals surface area contributed by atoms with Gasteiger partial charge >= 0.3 is 0 Å². The van der Waals surface area contributed by atoms with Gasteiger partial charge in [0.2, 0.25) is 5.78 Å². The monoisotopic (exact) mass is 322 g/mol. The van der Waals surface area contributed by atoms with Crippen LogP contribution in [0.2, 0.25) is 0 Å². The summed E-state index contributed by atoms with van der Waals surface area (Å²) in [6.45, 7) is 2.15. The number of aliphatic hydroxyl groups excluding tert-OH is 1. The predicted molar refractivity (Wildman–Crippen MR) is 86.5 cm³/mol. The molecule has 0 spiro atoms. The van der Waals surface area contributed by atoms with E-state index in [1.54, 1.807) is 12.3 Å². The molecule has 0 amide bonds. The molecule has 1 N–H and O–H groups in total. The van der Waals surface area contributed by atoms with E-state index in [0.717, 1.165) is 36.0 Å². The number of hydrogen-bond acceptors (Lipinski definition) is 4. The Labute approximate surface area is 139 Å². The topological polar surface area (TPSA) is 67.5 Å². The fourth-order valence-electron chi connectivity index (χ4n) is 4.83. The molecule has 122 valence electrons. The molecule has 2 atom stereocenters. The molecule has 1 aromatic carbocycles. The Kier molecular flexibility index (Phi) is 2.63. The molecule has 1 aromatic heterocycles. The quantitative estimate of drug-likeness (QED) is 0.806. The molecular formula is C20H18O4. The lowest BCUT2D eigenvalue weighted by molar-refractivity contribution is 0.0896. The average Bonchev–Trinajstić information content (AvgIpc) is 3.02. The normalized spacial score (nSPS) is 27.5. The van der Waals surface area contributed by atoms with Gasteiger partial charge in [0, 0.05) is 28.5 Å². The van der Waals surface area contributed by atoms with Crippen LogP contribution >= 0.6 is 0 Å². The minimum absolute atomic E-state index is 0.00521. The molecule has 4 nitrogen and oxygen atoms in total. The highest BCUT2D eigenvalue weighted by Crippen LogP contribution is 2.51. The zero-order chi connectivity index (χ0) is 16.6. The summed E-state index contributed by atoms with van der Waals surface area (Å²) in [6, 6.07) is 3.61. The number of ketones is 2. The Morgan fingerprint density at radius 1 is 1.21 bits per heavy atom. The number of benzene rings is 1. The highest BCUT2D eigenvalue weighted by molar-refractivity contribution is 6.13. The van der Waals surface area contributed by atoms with Gasteiger partial charge in [0.1, 0.15) is 0 Å². The molecule has 0 fully saturated rings. The molecule has 0 radical (unpaired) electrons. The Balaban J connectivity index is 1.84. The first kappa shape index (κ1) is 14.2. The lowest BCUT2D eigenvalue weighted by atomic mass is 9.62. The minimum atomic E-state index is -0.629. The molecule has 4 heteroatoms. The van der Waals surface area contributed by atoms with Gasteiger partial charge in [-0.25, -0.2) is 0 Å². The summed E-state index contributed by atoms with van der Waals surface area (Å²) in [5.74, 6) is 0.301. The summed E-state index contributed by atoms with van der Waals surface area (Å²) < 4.78 is 5.63. The largest absolute Gasteiger partial charge is 0.460 e. The maximum Gasteiger partial charge on any atom is 0.228 e. The second kappa shape index (κ2) is 4.45. The second-order valence-corrected chi connectivity index (χ2v) is 7.44. The van der Waals surface area contributed by atoms with Crippen LogP contribution in [0.25, 0.3) is 0 Å². The van der Waals surface area contributed by atoms with Crippen LogP contribution in [0.15, 0.2) is 22.8 Å². The number of carbonyl (C=O) groups excluding carboxylic acids is 2. The SMILES string of the molecule is CC12CCCc3coc(c31)C(=O)c1cc3c(cc12)[C@H](O)CCC3=O. The summed E-state index contributed by atoms with van der Waals surface area (Å²) >= 11 is 0. The van der Waals surface area contributed by atoms with Crippen molar-refractivity contribution in [1.29, 1.82) is 0 Å². The molecule has 0 saturated carbocycles. The Morgan fingerprint density at radius 2 is 2.04 bits per heavy atom. The minimum Gasteiger partial charge on any atom is -0.460 e. The molecule has 3 aliphatic carbocycles. The van der Waals surface area contributed by atoms with E-state index in [-0.39, 0.29) is 17.0 Å². The number of aliphatic hydroxyl groups is 1. The van der Waals surface area contributed by atoms with Crippen LogP contribution in [0.3, 0.4) is 0 Å². The zero-order valence-electron chi connectivity index (χ0n) is 13.5. The van der Waals surface area contributed by atoms with E-state index in [2.05, 4.69) is 6.92 Å². The van der Waals surface area contributed by atoms with Crippen molar-refractivity contribution in [2.45, 2.75) is 50.5 Å². The third-order valence-corrected chi connectivity index (χ3v) is 6.08. The first-order chi connectivity index (χ1) is 11.5. The van der Waals surface area contributed by atoms with Crippen molar-refractivity contribution in [2.75, 3.05) is 0 Å². The number of Topliss-reactive ketones (excluding diaryl/α,β-unsaturated/α-hetero) is 1. The van der Waals surface area contributed by atoms with E-state index in [1.807, 2.05) is 6.07 Å². The molecule has 24 heavy (non-hydrogen) atoms. The van der Waals surface area contributed by atoms with Crippen LogP contribution in [-0.2, 0) is 11.8 Å². The van der Waals surface area contributed by atoms with Gasteiger partial charge in [-0.2, -0.15) is 0 Å². The van der Waals surface area contributed by atoms with Gasteiger partial charge in [0.15, 0.2) is 11.5 Å². The van der Waals surface area contributed by atoms with E-state index in [0.29, 0.717) is 35.3 Å². The highest BCUT2D eigenvalue weighted by atomic mass is 16.3. The molecule has 0 aliphatic heterocycles. The summed E-state index contributed by atoms with van der Waals surface area (Å²) in [4.78, 5) is 25.2. The third-order valence-electron chi connectivity index (χ3n) is 6.08. The van der Waals surface area contributed by atoms with E-state index in [1.165, 1.54) is 0 Å². The van der Waals surface area contributed by atoms with Crippen LogP contribution < -0.4 is 0 Å². The summed E-state index contributed by atoms with van der Waals surface area (Å²) in [6.07, 6.45) is 4.78. The van der Waals surface area contributed by atoms with E-state index in [4.69, 9.17) is 4.42 Å². The smallest absolute Gasteiger partial charge is 0.228 e. The Bertz CT molecular complexity index is 920. The van der Waals surface area contributed by atoms with Crippen LogP contribution in [0.4, 0.5) is 0 Å². The van der Waals surface area contributed by atoms with Gasteiger partial charge < -0.3 is 9.52 Å². The Morgan fingerprint density at radius 3 is 2.88 bits per heavy atom. The van der Waals surface area contributed by atoms with Gasteiger partial charge in [-0.3, -0.25) is 9.59 Å². The van der Waals surface area contributed by atoms with Gasteiger partial charge in [0.25, 0.3) is 0 Å². The van der Waals surface area contributed by atoms with Crippen LogP contribution in [0.5, 0.6) is 0 Å². The molecule has 1 heterocycles. The van der Waals surface area contributed by atoms with Gasteiger partial charge in [0.05, 0.1) is 12.4 Å². The maximum absolute atomic E-state index is 13.0. The molecule has 5 rings (SSSR count). The first-order valence-corrected chi connectivity index (χ1v) is 8.56. The van der Waals surface area contributed by atoms with Crippen molar-refractivity contribution in [3.63, 3.8) is 0 Å². The lowest BCUT2D eigenvalue weighted by Crippen LogP contribution is -2.36. The van der Waals surface area contributed by atoms with Crippen molar-refractivity contribution in [2.24, 2.45) is 0 Å². The number of rotatable bonds is 0. The molecule has 1 unspecified atom stereocenters. The number of aryl methyl sites for hydroxylation is 1. The lowest BCUT2D eigenvalue weighted by Gasteiger charge is -2.39. The van der Waals surface area contributed by atoms with Gasteiger partial charge in [-0.15, -0.1) is 0 Å². The maximum atomic E-state index is 13.0. The van der Waals surface area contributed by atoms with Gasteiger partial charge in [-0.05, 0) is 48.4 Å². The van der Waals surface area contributed by atoms with Crippen LogP contribution in [-0.4, -0.2) is 16.7 Å². The van der Waals surface area contributed by atoms with Crippen molar-refractivity contribution < 1.29 is 19.1 Å². The summed E-state index contributed by atoms with van der Waals surface area (Å²) in [5.41, 5.74) is 4.53. The second-order valence-electron chi connectivity index (χ2n) is 7.44. The number of carbonyl (C=O) groups is 2. The molecule has 0 bridgehead atoms. The fraction of sp³-hybridized carbons (Fsp3) is 0.400. The molecule has 2 aromatic rings. The van der Waals surface area contributed by atoms with Crippen molar-refractivity contribution >= 4 is 11.6 Å². The third kappa shape index (κ3) is 1.57. The number of hydrogen-bond donors (Lipinski definition) is 1. The van der Waals surface area contributed by atoms with E-state index in [9.17, 15) is 14.7 Å².